The van der Waals surface area contributed by atoms with E-state index >= 15 is 0 Å². The van der Waals surface area contributed by atoms with Crippen LogP contribution in [0.25, 0.3) is 17.0 Å². The Kier molecular flexibility index (Phi) is 6.96. The second kappa shape index (κ2) is 10.2. The first-order valence-electron chi connectivity index (χ1n) is 11.4. The molecule has 32 heavy (non-hydrogen) atoms. The molecule has 3 nitrogen and oxygen atoms in total. The summed E-state index contributed by atoms with van der Waals surface area (Å²) in [5.41, 5.74) is 6.86. The predicted molar refractivity (Wildman–Crippen MR) is 140 cm³/mol. The van der Waals surface area contributed by atoms with Crippen LogP contribution in [0.5, 0.6) is 0 Å². The molecule has 0 fully saturated rings. The highest BCUT2D eigenvalue weighted by Crippen LogP contribution is 2.25. The third kappa shape index (κ3) is 5.05. The lowest BCUT2D eigenvalue weighted by Gasteiger charge is -2.26. The number of nitrogens with zero attached hydrogens (tertiary/aromatic N) is 3. The van der Waals surface area contributed by atoms with Crippen molar-refractivity contribution >= 4 is 28.4 Å². The molecule has 3 heteroatoms. The van der Waals surface area contributed by atoms with Crippen molar-refractivity contribution in [1.82, 2.24) is 4.57 Å². The van der Waals surface area contributed by atoms with Gasteiger partial charge in [-0.15, -0.1) is 0 Å². The van der Waals surface area contributed by atoms with Gasteiger partial charge in [-0.05, 0) is 53.6 Å². The molecule has 3 aromatic carbocycles. The van der Waals surface area contributed by atoms with E-state index in [0.717, 1.165) is 6.54 Å². The molecule has 1 aromatic heterocycles. The van der Waals surface area contributed by atoms with Gasteiger partial charge in [0.25, 0.3) is 0 Å². The first-order valence-corrected chi connectivity index (χ1v) is 11.4. The SMILES string of the molecule is CN1CC=Cc2ccccc21.CN1CCCc2ccccc21.Cn1ccc2ccccc21. The number of benzene rings is 3. The molecule has 4 aromatic rings. The average Bonchev–Trinajstić information content (AvgIpc) is 3.22. The summed E-state index contributed by atoms with van der Waals surface area (Å²) in [5.74, 6) is 0. The number of anilines is 2. The lowest BCUT2D eigenvalue weighted by atomic mass is 10.0. The smallest absolute Gasteiger partial charge is 0.0477 e. The van der Waals surface area contributed by atoms with Gasteiger partial charge in [0.15, 0.2) is 0 Å². The quantitative estimate of drug-likeness (QED) is 0.324. The van der Waals surface area contributed by atoms with Crippen LogP contribution in [-0.2, 0) is 13.5 Å². The molecule has 0 spiro atoms. The van der Waals surface area contributed by atoms with E-state index in [2.05, 4.69) is 133 Å². The summed E-state index contributed by atoms with van der Waals surface area (Å²) in [4.78, 5) is 4.58. The van der Waals surface area contributed by atoms with Gasteiger partial charge >= 0.3 is 0 Å². The lowest BCUT2D eigenvalue weighted by molar-refractivity contribution is 0.744. The molecule has 0 radical (unpaired) electrons. The number of rotatable bonds is 0. The third-order valence-corrected chi connectivity index (χ3v) is 6.16. The van der Waals surface area contributed by atoms with Crippen molar-refractivity contribution in [3.8, 4) is 0 Å². The van der Waals surface area contributed by atoms with Crippen LogP contribution in [0.15, 0.2) is 91.1 Å². The van der Waals surface area contributed by atoms with Crippen molar-refractivity contribution in [2.45, 2.75) is 12.8 Å². The molecule has 0 atom stereocenters. The highest BCUT2D eigenvalue weighted by Gasteiger charge is 2.11. The Balaban J connectivity index is 0.000000115. The fourth-order valence-electron chi connectivity index (χ4n) is 4.36. The normalized spacial score (nSPS) is 14.0. The van der Waals surface area contributed by atoms with Gasteiger partial charge in [0.2, 0.25) is 0 Å². The minimum absolute atomic E-state index is 1.02. The molecule has 0 unspecified atom stereocenters. The van der Waals surface area contributed by atoms with Gasteiger partial charge in [-0.25, -0.2) is 0 Å². The molecule has 164 valence electrons. The van der Waals surface area contributed by atoms with Crippen LogP contribution in [0.2, 0.25) is 0 Å². The van der Waals surface area contributed by atoms with E-state index in [1.807, 2.05) is 0 Å². The van der Waals surface area contributed by atoms with E-state index in [-0.39, 0.29) is 0 Å². The van der Waals surface area contributed by atoms with Crippen molar-refractivity contribution in [3.05, 3.63) is 102 Å². The minimum Gasteiger partial charge on any atom is -0.374 e. The summed E-state index contributed by atoms with van der Waals surface area (Å²) in [6.45, 7) is 2.23. The van der Waals surface area contributed by atoms with Crippen LogP contribution < -0.4 is 9.80 Å². The summed E-state index contributed by atoms with van der Waals surface area (Å²) in [5, 5.41) is 1.31. The summed E-state index contributed by atoms with van der Waals surface area (Å²) in [6, 6.07) is 27.6. The Morgan fingerprint density at radius 2 is 1.41 bits per heavy atom. The van der Waals surface area contributed by atoms with Gasteiger partial charge in [0.1, 0.15) is 0 Å². The maximum atomic E-state index is 2.33. The van der Waals surface area contributed by atoms with Crippen molar-refractivity contribution in [3.63, 3.8) is 0 Å². The predicted octanol–water partition coefficient (Wildman–Crippen LogP) is 6.40. The monoisotopic (exact) mass is 423 g/mol. The van der Waals surface area contributed by atoms with Crippen LogP contribution in [0, 0.1) is 0 Å². The van der Waals surface area contributed by atoms with Crippen molar-refractivity contribution in [2.24, 2.45) is 7.05 Å². The maximum absolute atomic E-state index is 2.33. The molecule has 0 amide bonds. The van der Waals surface area contributed by atoms with Gasteiger partial charge in [-0.1, -0.05) is 66.7 Å². The summed E-state index contributed by atoms with van der Waals surface area (Å²) in [6.07, 6.45) is 8.98. The van der Waals surface area contributed by atoms with E-state index < -0.39 is 0 Å². The van der Waals surface area contributed by atoms with Crippen molar-refractivity contribution in [2.75, 3.05) is 37.0 Å². The number of hydrogen-bond acceptors (Lipinski definition) is 2. The Bertz CT molecular complexity index is 1190. The number of para-hydroxylation sites is 3. The Morgan fingerprint density at radius 1 is 0.688 bits per heavy atom. The number of aryl methyl sites for hydroxylation is 2. The first-order chi connectivity index (χ1) is 15.6. The topological polar surface area (TPSA) is 11.4 Å². The Hall–Kier alpha value is -3.46. The minimum atomic E-state index is 1.02. The number of fused-ring (bicyclic) bond motifs is 3. The molecular formula is C29H33N3. The fraction of sp³-hybridized carbons (Fsp3) is 0.241. The second-order valence-electron chi connectivity index (χ2n) is 8.48. The van der Waals surface area contributed by atoms with Gasteiger partial charge < -0.3 is 14.4 Å². The standard InChI is InChI=1S/C10H13N.C10H11N.C9H9N/c2*1-11-8-4-6-9-5-2-3-7-10(9)11;1-10-7-6-8-4-2-3-5-9(8)10/h2-3,5,7H,4,6,8H2,1H3;2-7H,8H2,1H3;2-7H,1H3. The highest BCUT2D eigenvalue weighted by atomic mass is 15.1. The second-order valence-corrected chi connectivity index (χ2v) is 8.48. The molecule has 0 bridgehead atoms. The molecule has 3 heterocycles. The number of likely N-dealkylation sites (N-methyl/N-ethyl adjacent to an activating group) is 1. The summed E-state index contributed by atoms with van der Waals surface area (Å²) >= 11 is 0. The van der Waals surface area contributed by atoms with Crippen LogP contribution in [0.1, 0.15) is 17.5 Å². The molecule has 0 saturated heterocycles. The zero-order chi connectivity index (χ0) is 22.3. The largest absolute Gasteiger partial charge is 0.374 e. The lowest BCUT2D eigenvalue weighted by Crippen LogP contribution is -2.24. The number of aromatic nitrogens is 1. The van der Waals surface area contributed by atoms with E-state index in [1.54, 1.807) is 0 Å². The van der Waals surface area contributed by atoms with Gasteiger partial charge in [0, 0.05) is 57.3 Å². The molecule has 6 rings (SSSR count). The Morgan fingerprint density at radius 3 is 2.19 bits per heavy atom. The van der Waals surface area contributed by atoms with Crippen LogP contribution >= 0.6 is 0 Å². The molecule has 0 saturated carbocycles. The summed E-state index contributed by atoms with van der Waals surface area (Å²) < 4.78 is 2.12. The zero-order valence-electron chi connectivity index (χ0n) is 19.4. The summed E-state index contributed by atoms with van der Waals surface area (Å²) in [7, 11) is 6.34. The highest BCUT2D eigenvalue weighted by molar-refractivity contribution is 5.79. The third-order valence-electron chi connectivity index (χ3n) is 6.16. The van der Waals surface area contributed by atoms with Gasteiger partial charge in [0.05, 0.1) is 0 Å². The molecule has 2 aliphatic heterocycles. The van der Waals surface area contributed by atoms with E-state index in [4.69, 9.17) is 0 Å². The van der Waals surface area contributed by atoms with E-state index in [0.29, 0.717) is 0 Å². The first kappa shape index (κ1) is 21.8. The number of hydrogen-bond donors (Lipinski definition) is 0. The maximum Gasteiger partial charge on any atom is 0.0477 e. The fourth-order valence-corrected chi connectivity index (χ4v) is 4.36. The van der Waals surface area contributed by atoms with E-state index in [1.165, 1.54) is 52.8 Å². The van der Waals surface area contributed by atoms with Crippen LogP contribution in [0.4, 0.5) is 11.4 Å². The Labute approximate surface area is 192 Å². The van der Waals surface area contributed by atoms with E-state index in [9.17, 15) is 0 Å². The van der Waals surface area contributed by atoms with Crippen LogP contribution in [-0.4, -0.2) is 31.8 Å². The van der Waals surface area contributed by atoms with Crippen LogP contribution in [0.3, 0.4) is 0 Å². The van der Waals surface area contributed by atoms with Gasteiger partial charge in [-0.2, -0.15) is 0 Å². The molecule has 0 N–H and O–H groups in total. The van der Waals surface area contributed by atoms with Crippen molar-refractivity contribution < 1.29 is 0 Å². The average molecular weight is 424 g/mol. The zero-order valence-corrected chi connectivity index (χ0v) is 19.4. The van der Waals surface area contributed by atoms with Crippen molar-refractivity contribution in [1.29, 1.82) is 0 Å². The molecule has 0 aliphatic carbocycles. The van der Waals surface area contributed by atoms with Gasteiger partial charge in [-0.3, -0.25) is 0 Å². The molecular weight excluding hydrogens is 390 g/mol. The molecule has 2 aliphatic rings.